The van der Waals surface area contributed by atoms with Crippen molar-refractivity contribution in [1.82, 2.24) is 4.98 Å². The van der Waals surface area contributed by atoms with Crippen molar-refractivity contribution in [3.63, 3.8) is 0 Å². The predicted octanol–water partition coefficient (Wildman–Crippen LogP) is 3.43. The molecule has 0 aliphatic rings. The lowest BCUT2D eigenvalue weighted by Crippen LogP contribution is -2.04. The molecule has 84 valence electrons. The Morgan fingerprint density at radius 2 is 2.19 bits per heavy atom. The van der Waals surface area contributed by atoms with Crippen LogP contribution >= 0.6 is 15.9 Å². The topological polar surface area (TPSA) is 52.0 Å². The van der Waals surface area contributed by atoms with Gasteiger partial charge in [-0.25, -0.2) is 4.98 Å². The van der Waals surface area contributed by atoms with Gasteiger partial charge < -0.3 is 10.2 Å². The minimum Gasteiger partial charge on any atom is -0.439 e. The minimum atomic E-state index is -0.183. The molecule has 0 aliphatic heterocycles. The van der Waals surface area contributed by atoms with E-state index in [1.165, 1.54) is 0 Å². The molecule has 3 nitrogen and oxygen atoms in total. The Hall–Kier alpha value is -1.13. The van der Waals surface area contributed by atoms with E-state index in [9.17, 15) is 0 Å². The van der Waals surface area contributed by atoms with Gasteiger partial charge in [-0.15, -0.1) is 0 Å². The maximum absolute atomic E-state index is 5.71. The number of halogens is 1. The summed E-state index contributed by atoms with van der Waals surface area (Å²) in [5.74, 6) is 1.30. The Kier molecular flexibility index (Phi) is 3.12. The molecule has 0 saturated carbocycles. The first-order chi connectivity index (χ1) is 7.59. The number of aryl methyl sites for hydroxylation is 1. The third-order valence-electron chi connectivity index (χ3n) is 2.37. The van der Waals surface area contributed by atoms with E-state index in [4.69, 9.17) is 10.2 Å². The summed E-state index contributed by atoms with van der Waals surface area (Å²) in [6.45, 7) is 3.89. The summed E-state index contributed by atoms with van der Waals surface area (Å²) in [7, 11) is 0. The van der Waals surface area contributed by atoms with Gasteiger partial charge in [-0.3, -0.25) is 0 Å². The number of nitrogens with two attached hydrogens (primary N) is 1. The molecular formula is C12H13BrN2O. The molecule has 2 N–H and O–H groups in total. The number of benzene rings is 1. The van der Waals surface area contributed by atoms with Crippen LogP contribution in [0.25, 0.3) is 11.3 Å². The summed E-state index contributed by atoms with van der Waals surface area (Å²) in [6.07, 6.45) is 1.71. The normalized spacial score (nSPS) is 12.8. The quantitative estimate of drug-likeness (QED) is 0.917. The van der Waals surface area contributed by atoms with Gasteiger partial charge in [0.25, 0.3) is 0 Å². The maximum Gasteiger partial charge on any atom is 0.211 e. The van der Waals surface area contributed by atoms with Gasteiger partial charge in [0.2, 0.25) is 5.89 Å². The lowest BCUT2D eigenvalue weighted by molar-refractivity contribution is 0.473. The molecule has 1 unspecified atom stereocenters. The third kappa shape index (κ3) is 2.03. The molecule has 1 atom stereocenters. The van der Waals surface area contributed by atoms with Crippen molar-refractivity contribution in [1.29, 1.82) is 0 Å². The zero-order valence-electron chi connectivity index (χ0n) is 9.20. The zero-order valence-corrected chi connectivity index (χ0v) is 10.8. The van der Waals surface area contributed by atoms with Gasteiger partial charge in [0.1, 0.15) is 0 Å². The second kappa shape index (κ2) is 4.39. The number of hydrogen-bond donors (Lipinski definition) is 1. The van der Waals surface area contributed by atoms with Crippen LogP contribution in [0.4, 0.5) is 0 Å². The molecule has 0 aliphatic carbocycles. The van der Waals surface area contributed by atoms with E-state index in [0.29, 0.717) is 5.89 Å². The Morgan fingerprint density at radius 3 is 2.81 bits per heavy atom. The number of nitrogens with zero attached hydrogens (tertiary/aromatic N) is 1. The fraction of sp³-hybridized carbons (Fsp3) is 0.250. The predicted molar refractivity (Wildman–Crippen MR) is 67.0 cm³/mol. The summed E-state index contributed by atoms with van der Waals surface area (Å²) in [4.78, 5) is 4.15. The van der Waals surface area contributed by atoms with E-state index in [-0.39, 0.29) is 6.04 Å². The summed E-state index contributed by atoms with van der Waals surface area (Å²) in [6, 6.07) is 5.83. The van der Waals surface area contributed by atoms with Crippen molar-refractivity contribution in [3.05, 3.63) is 40.3 Å². The van der Waals surface area contributed by atoms with Crippen molar-refractivity contribution in [2.45, 2.75) is 19.9 Å². The Bertz CT molecular complexity index is 505. The van der Waals surface area contributed by atoms with Gasteiger partial charge in [0, 0.05) is 10.0 Å². The second-order valence-electron chi connectivity index (χ2n) is 3.79. The molecule has 0 spiro atoms. The van der Waals surface area contributed by atoms with Crippen LogP contribution in [0.5, 0.6) is 0 Å². The van der Waals surface area contributed by atoms with Crippen LogP contribution in [0.15, 0.2) is 33.3 Å². The minimum absolute atomic E-state index is 0.183. The number of oxazole rings is 1. The zero-order chi connectivity index (χ0) is 11.7. The van der Waals surface area contributed by atoms with Crippen molar-refractivity contribution in [2.75, 3.05) is 0 Å². The van der Waals surface area contributed by atoms with E-state index in [1.54, 1.807) is 6.20 Å². The summed E-state index contributed by atoms with van der Waals surface area (Å²) >= 11 is 3.54. The highest BCUT2D eigenvalue weighted by molar-refractivity contribution is 9.10. The van der Waals surface area contributed by atoms with E-state index >= 15 is 0 Å². The SMILES string of the molecule is Cc1cccc(-c2cnc(C(C)N)o2)c1Br. The molecule has 1 aromatic heterocycles. The second-order valence-corrected chi connectivity index (χ2v) is 4.58. The maximum atomic E-state index is 5.71. The van der Waals surface area contributed by atoms with E-state index < -0.39 is 0 Å². The van der Waals surface area contributed by atoms with Gasteiger partial charge in [0.05, 0.1) is 12.2 Å². The fourth-order valence-electron chi connectivity index (χ4n) is 1.46. The molecule has 1 aromatic carbocycles. The molecule has 0 fully saturated rings. The van der Waals surface area contributed by atoms with Crippen molar-refractivity contribution < 1.29 is 4.42 Å². The van der Waals surface area contributed by atoms with E-state index in [1.807, 2.05) is 32.0 Å². The smallest absolute Gasteiger partial charge is 0.211 e. The van der Waals surface area contributed by atoms with Crippen LogP contribution in [0, 0.1) is 6.92 Å². The summed E-state index contributed by atoms with van der Waals surface area (Å²) < 4.78 is 6.63. The van der Waals surface area contributed by atoms with Gasteiger partial charge in [-0.05, 0) is 35.3 Å². The fourth-order valence-corrected chi connectivity index (χ4v) is 1.92. The third-order valence-corrected chi connectivity index (χ3v) is 3.42. The summed E-state index contributed by atoms with van der Waals surface area (Å²) in [5.41, 5.74) is 7.87. The van der Waals surface area contributed by atoms with Crippen LogP contribution in [0.1, 0.15) is 24.4 Å². The molecule has 0 bridgehead atoms. The number of rotatable bonds is 2. The molecule has 16 heavy (non-hydrogen) atoms. The summed E-state index contributed by atoms with van der Waals surface area (Å²) in [5, 5.41) is 0. The van der Waals surface area contributed by atoms with Crippen LogP contribution in [0.3, 0.4) is 0 Å². The first kappa shape index (κ1) is 11.4. The van der Waals surface area contributed by atoms with Crippen molar-refractivity contribution in [3.8, 4) is 11.3 Å². The Balaban J connectivity index is 2.47. The van der Waals surface area contributed by atoms with Gasteiger partial charge in [-0.1, -0.05) is 18.2 Å². The van der Waals surface area contributed by atoms with Gasteiger partial charge in [-0.2, -0.15) is 0 Å². The molecule has 0 radical (unpaired) electrons. The average molecular weight is 281 g/mol. The molecule has 0 amide bonds. The average Bonchev–Trinajstić information content (AvgIpc) is 2.71. The highest BCUT2D eigenvalue weighted by atomic mass is 79.9. The van der Waals surface area contributed by atoms with Crippen LogP contribution in [0.2, 0.25) is 0 Å². The number of hydrogen-bond acceptors (Lipinski definition) is 3. The van der Waals surface area contributed by atoms with Gasteiger partial charge >= 0.3 is 0 Å². The van der Waals surface area contributed by atoms with E-state index in [0.717, 1.165) is 21.4 Å². The molecule has 1 heterocycles. The van der Waals surface area contributed by atoms with Gasteiger partial charge in [0.15, 0.2) is 5.76 Å². The Morgan fingerprint density at radius 1 is 1.44 bits per heavy atom. The molecule has 4 heteroatoms. The highest BCUT2D eigenvalue weighted by Crippen LogP contribution is 2.31. The van der Waals surface area contributed by atoms with Crippen molar-refractivity contribution in [2.24, 2.45) is 5.73 Å². The Labute approximate surface area is 103 Å². The molecular weight excluding hydrogens is 268 g/mol. The molecule has 2 rings (SSSR count). The standard InChI is InChI=1S/C12H13BrN2O/c1-7-4-3-5-9(11(7)13)10-6-15-12(16-10)8(2)14/h3-6,8H,14H2,1-2H3. The lowest BCUT2D eigenvalue weighted by atomic mass is 10.1. The number of aromatic nitrogens is 1. The van der Waals surface area contributed by atoms with E-state index in [2.05, 4.69) is 20.9 Å². The largest absolute Gasteiger partial charge is 0.439 e. The lowest BCUT2D eigenvalue weighted by Gasteiger charge is -2.03. The molecule has 2 aromatic rings. The highest BCUT2D eigenvalue weighted by Gasteiger charge is 2.12. The molecule has 0 saturated heterocycles. The monoisotopic (exact) mass is 280 g/mol. The van der Waals surface area contributed by atoms with Crippen LogP contribution in [-0.4, -0.2) is 4.98 Å². The van der Waals surface area contributed by atoms with Crippen molar-refractivity contribution >= 4 is 15.9 Å². The first-order valence-electron chi connectivity index (χ1n) is 5.06. The van der Waals surface area contributed by atoms with Crippen LogP contribution < -0.4 is 5.73 Å². The first-order valence-corrected chi connectivity index (χ1v) is 5.85. The van der Waals surface area contributed by atoms with Crippen LogP contribution in [-0.2, 0) is 0 Å².